The summed E-state index contributed by atoms with van der Waals surface area (Å²) < 4.78 is 8.57. The summed E-state index contributed by atoms with van der Waals surface area (Å²) in [5.41, 5.74) is 3.90. The first-order chi connectivity index (χ1) is 26.7. The summed E-state index contributed by atoms with van der Waals surface area (Å²) in [4.78, 5) is 50.1. The molecule has 6 aromatic rings. The van der Waals surface area contributed by atoms with Crippen LogP contribution in [-0.4, -0.2) is 63.4 Å². The van der Waals surface area contributed by atoms with E-state index in [2.05, 4.69) is 49.2 Å². The fourth-order valence-electron chi connectivity index (χ4n) is 8.56. The van der Waals surface area contributed by atoms with Crippen molar-refractivity contribution in [3.05, 3.63) is 131 Å². The van der Waals surface area contributed by atoms with E-state index >= 15 is 0 Å². The molecule has 7 rings (SSSR count). The van der Waals surface area contributed by atoms with Crippen LogP contribution in [0.3, 0.4) is 0 Å². The van der Waals surface area contributed by atoms with Crippen molar-refractivity contribution in [1.82, 2.24) is 24.0 Å². The lowest BCUT2D eigenvalue weighted by atomic mass is 9.96. The van der Waals surface area contributed by atoms with Crippen molar-refractivity contribution in [2.45, 2.75) is 76.4 Å². The van der Waals surface area contributed by atoms with Gasteiger partial charge in [0.25, 0.3) is 8.32 Å². The molecule has 0 unspecified atom stereocenters. The number of carbonyl (C=O) groups excluding carboxylic acids is 1. The molecule has 3 aromatic carbocycles. The molecule has 1 fully saturated rings. The number of hydrogen-bond acceptors (Lipinski definition) is 7. The largest absolute Gasteiger partial charge is 0.453 e. The van der Waals surface area contributed by atoms with Crippen molar-refractivity contribution in [1.29, 1.82) is 5.26 Å². The highest BCUT2D eigenvalue weighted by Crippen LogP contribution is 2.40. The molecule has 282 valence electrons. The minimum absolute atomic E-state index is 0.0678. The fourth-order valence-corrected chi connectivity index (χ4v) is 12.3. The number of hydrogen-bond donors (Lipinski definition) is 1. The standard InChI is InChI=1S/C44H48N6O4Si/c1-44(2,55(53,35-13-7-4-8-14-35)36-15-9-5-10-16-36)23-12-6-11-17-38-37-19-18-32(28-45)27-33(37)29-47-39(38)31-49-41-30-46-24-20-40(41)50(42(49)51)34-21-25-48(26-22-34)43(52)54-3/h4-5,7-10,13-16,18-20,24,27,29-30,34,53H,6,11-12,17,21-23,25-26,31H2,1-3H3. The number of nitrogens with zero attached hydrogens (tertiary/aromatic N) is 6. The van der Waals surface area contributed by atoms with E-state index in [4.69, 9.17) is 9.72 Å². The SMILES string of the molecule is COC(=O)N1CCC(n2c(=O)n(Cc3ncc4cc(C#N)ccc4c3CCCCCC(C)(C)[Si](O)(c3ccccc3)c3ccccc3)c3cnccc32)CC1. The summed E-state index contributed by atoms with van der Waals surface area (Å²) in [6.07, 6.45) is 10.6. The molecule has 0 saturated carbocycles. The van der Waals surface area contributed by atoms with Crippen molar-refractivity contribution in [3.63, 3.8) is 0 Å². The van der Waals surface area contributed by atoms with Gasteiger partial charge in [-0.05, 0) is 76.7 Å². The van der Waals surface area contributed by atoms with E-state index in [0.717, 1.165) is 75.5 Å². The molecule has 1 N–H and O–H groups in total. The third kappa shape index (κ3) is 7.32. The van der Waals surface area contributed by atoms with Crippen molar-refractivity contribution in [3.8, 4) is 6.07 Å². The van der Waals surface area contributed by atoms with Crippen LogP contribution >= 0.6 is 0 Å². The maximum atomic E-state index is 14.3. The van der Waals surface area contributed by atoms with Crippen LogP contribution in [0, 0.1) is 11.3 Å². The van der Waals surface area contributed by atoms with Crippen LogP contribution < -0.4 is 16.1 Å². The van der Waals surface area contributed by atoms with Crippen molar-refractivity contribution >= 4 is 46.6 Å². The Morgan fingerprint density at radius 3 is 2.29 bits per heavy atom. The number of fused-ring (bicyclic) bond motifs is 2. The molecule has 1 amide bonds. The van der Waals surface area contributed by atoms with Crippen molar-refractivity contribution in [2.75, 3.05) is 20.2 Å². The Hall–Kier alpha value is -5.57. The van der Waals surface area contributed by atoms with E-state index in [-0.39, 0.29) is 29.4 Å². The van der Waals surface area contributed by atoms with Gasteiger partial charge in [-0.2, -0.15) is 5.26 Å². The second-order valence-electron chi connectivity index (χ2n) is 15.3. The lowest BCUT2D eigenvalue weighted by Crippen LogP contribution is -2.65. The molecular formula is C44H48N6O4Si. The topological polar surface area (TPSA) is 126 Å². The van der Waals surface area contributed by atoms with Gasteiger partial charge in [0.1, 0.15) is 0 Å². The molecule has 0 atom stereocenters. The lowest BCUT2D eigenvalue weighted by Gasteiger charge is -2.41. The summed E-state index contributed by atoms with van der Waals surface area (Å²) in [5, 5.41) is 13.3. The molecule has 0 spiro atoms. The van der Waals surface area contributed by atoms with E-state index in [1.165, 1.54) is 7.11 Å². The number of imidazole rings is 1. The number of rotatable bonds is 12. The molecule has 11 heteroatoms. The minimum atomic E-state index is -3.10. The predicted octanol–water partition coefficient (Wildman–Crippen LogP) is 6.70. The summed E-state index contributed by atoms with van der Waals surface area (Å²) in [7, 11) is -1.71. The fraction of sp³-hybridized carbons (Fsp3) is 0.341. The first-order valence-electron chi connectivity index (χ1n) is 19.2. The zero-order chi connectivity index (χ0) is 38.6. The van der Waals surface area contributed by atoms with E-state index in [0.29, 0.717) is 31.5 Å². The number of amides is 1. The molecule has 3 aromatic heterocycles. The van der Waals surface area contributed by atoms with E-state index in [1.54, 1.807) is 28.1 Å². The van der Waals surface area contributed by atoms with Crippen molar-refractivity contribution < 1.29 is 14.3 Å². The Morgan fingerprint density at radius 1 is 0.945 bits per heavy atom. The number of pyridine rings is 2. The molecule has 55 heavy (non-hydrogen) atoms. The highest BCUT2D eigenvalue weighted by atomic mass is 28.4. The zero-order valence-electron chi connectivity index (χ0n) is 31.8. The molecule has 4 heterocycles. The number of carbonyl (C=O) groups is 1. The number of aryl methyl sites for hydroxylation is 1. The number of nitriles is 1. The highest BCUT2D eigenvalue weighted by molar-refractivity contribution is 6.98. The molecule has 0 bridgehead atoms. The van der Waals surface area contributed by atoms with Gasteiger partial charge in [-0.25, -0.2) is 9.59 Å². The van der Waals surface area contributed by atoms with Gasteiger partial charge in [-0.3, -0.25) is 19.1 Å². The van der Waals surface area contributed by atoms with Crippen LogP contribution in [0.4, 0.5) is 4.79 Å². The second kappa shape index (κ2) is 16.0. The Kier molecular flexibility index (Phi) is 11.0. The van der Waals surface area contributed by atoms with Crippen LogP contribution in [0.2, 0.25) is 5.04 Å². The molecule has 1 aliphatic rings. The van der Waals surface area contributed by atoms with Gasteiger partial charge in [0.15, 0.2) is 0 Å². The van der Waals surface area contributed by atoms with Gasteiger partial charge in [-0.1, -0.05) is 93.4 Å². The Labute approximate surface area is 322 Å². The minimum Gasteiger partial charge on any atom is -0.453 e. The lowest BCUT2D eigenvalue weighted by molar-refractivity contribution is 0.107. The van der Waals surface area contributed by atoms with Gasteiger partial charge >= 0.3 is 11.8 Å². The maximum Gasteiger partial charge on any atom is 0.409 e. The Bertz CT molecular complexity index is 2360. The van der Waals surface area contributed by atoms with E-state index < -0.39 is 8.32 Å². The number of benzene rings is 3. The molecule has 1 aliphatic heterocycles. The van der Waals surface area contributed by atoms with Gasteiger partial charge in [0.2, 0.25) is 0 Å². The van der Waals surface area contributed by atoms with Crippen LogP contribution in [0.15, 0.2) is 108 Å². The van der Waals surface area contributed by atoms with Gasteiger partial charge in [0, 0.05) is 36.9 Å². The summed E-state index contributed by atoms with van der Waals surface area (Å²) in [6.45, 7) is 5.73. The Morgan fingerprint density at radius 2 is 1.64 bits per heavy atom. The monoisotopic (exact) mass is 752 g/mol. The normalized spacial score (nSPS) is 14.0. The summed E-state index contributed by atoms with van der Waals surface area (Å²) in [6, 6.07) is 30.1. The highest BCUT2D eigenvalue weighted by Gasteiger charge is 2.49. The van der Waals surface area contributed by atoms with E-state index in [1.807, 2.05) is 65.2 Å². The number of likely N-dealkylation sites (tertiary alicyclic amines) is 1. The molecule has 0 aliphatic carbocycles. The molecule has 10 nitrogen and oxygen atoms in total. The quantitative estimate of drug-likeness (QED) is 0.109. The number of piperidine rings is 1. The molecule has 0 radical (unpaired) electrons. The van der Waals surface area contributed by atoms with Crippen LogP contribution in [0.5, 0.6) is 0 Å². The maximum absolute atomic E-state index is 14.3. The first-order valence-corrected chi connectivity index (χ1v) is 21.1. The average Bonchev–Trinajstić information content (AvgIpc) is 3.50. The summed E-state index contributed by atoms with van der Waals surface area (Å²) >= 11 is 0. The number of methoxy groups -OCH3 is 1. The average molecular weight is 753 g/mol. The van der Waals surface area contributed by atoms with Crippen LogP contribution in [0.25, 0.3) is 21.8 Å². The van der Waals surface area contributed by atoms with Gasteiger partial charge in [-0.15, -0.1) is 0 Å². The third-order valence-corrected chi connectivity index (χ3v) is 16.2. The zero-order valence-corrected chi connectivity index (χ0v) is 32.8. The van der Waals surface area contributed by atoms with Gasteiger partial charge in [0.05, 0.1) is 48.2 Å². The summed E-state index contributed by atoms with van der Waals surface area (Å²) in [5.74, 6) is 0. The Balaban J connectivity index is 1.14. The predicted molar refractivity (Wildman–Crippen MR) is 218 cm³/mol. The van der Waals surface area contributed by atoms with Crippen LogP contribution in [0.1, 0.15) is 75.2 Å². The van der Waals surface area contributed by atoms with Crippen molar-refractivity contribution in [2.24, 2.45) is 0 Å². The van der Waals surface area contributed by atoms with Crippen LogP contribution in [-0.2, 0) is 17.7 Å². The van der Waals surface area contributed by atoms with E-state index in [9.17, 15) is 19.6 Å². The molecular weight excluding hydrogens is 705 g/mol. The number of aromatic nitrogens is 4. The number of ether oxygens (including phenoxy) is 1. The smallest absolute Gasteiger partial charge is 0.409 e. The first kappa shape index (κ1) is 37.7. The molecule has 1 saturated heterocycles. The number of unbranched alkanes of at least 4 members (excludes halogenated alkanes) is 2. The van der Waals surface area contributed by atoms with Gasteiger partial charge < -0.3 is 14.4 Å². The second-order valence-corrected chi connectivity index (χ2v) is 19.2. The third-order valence-electron chi connectivity index (χ3n) is 11.6.